The second-order valence-corrected chi connectivity index (χ2v) is 5.28. The van der Waals surface area contributed by atoms with Gasteiger partial charge in [-0.1, -0.05) is 43.7 Å². The lowest BCUT2D eigenvalue weighted by atomic mass is 10.1. The van der Waals surface area contributed by atoms with Crippen molar-refractivity contribution in [3.63, 3.8) is 0 Å². The van der Waals surface area contributed by atoms with Gasteiger partial charge < -0.3 is 14.6 Å². The number of rotatable bonds is 8. The Kier molecular flexibility index (Phi) is 6.15. The van der Waals surface area contributed by atoms with Crippen LogP contribution in [0.25, 0.3) is 0 Å². The molecule has 0 spiro atoms. The van der Waals surface area contributed by atoms with Crippen molar-refractivity contribution in [1.82, 2.24) is 14.9 Å². The molecule has 0 aliphatic carbocycles. The van der Waals surface area contributed by atoms with Crippen LogP contribution in [0.4, 0.5) is 0 Å². The molecule has 1 N–H and O–H groups in total. The molecule has 0 saturated heterocycles. The number of amides is 1. The number of nitrogens with one attached hydrogen (secondary N) is 1. The summed E-state index contributed by atoms with van der Waals surface area (Å²) in [7, 11) is 1.93. The minimum Gasteiger partial charge on any atom is -0.367 e. The fourth-order valence-electron chi connectivity index (χ4n) is 2.34. The van der Waals surface area contributed by atoms with Gasteiger partial charge in [0.2, 0.25) is 5.91 Å². The predicted octanol–water partition coefficient (Wildman–Crippen LogP) is 2.59. The fourth-order valence-corrected chi connectivity index (χ4v) is 2.34. The molecule has 22 heavy (non-hydrogen) atoms. The highest BCUT2D eigenvalue weighted by atomic mass is 16.5. The highest BCUT2D eigenvalue weighted by molar-refractivity contribution is 5.77. The largest absolute Gasteiger partial charge is 0.367 e. The molecule has 1 amide bonds. The Hall–Kier alpha value is -2.14. The van der Waals surface area contributed by atoms with Crippen LogP contribution < -0.4 is 5.32 Å². The zero-order chi connectivity index (χ0) is 15.8. The van der Waals surface area contributed by atoms with E-state index in [0.717, 1.165) is 24.2 Å². The summed E-state index contributed by atoms with van der Waals surface area (Å²) in [5.74, 6) is 0.760. The molecule has 5 nitrogen and oxygen atoms in total. The van der Waals surface area contributed by atoms with Gasteiger partial charge in [-0.25, -0.2) is 4.98 Å². The average molecular weight is 301 g/mol. The molecule has 2 aromatic rings. The van der Waals surface area contributed by atoms with E-state index in [4.69, 9.17) is 4.74 Å². The first-order valence-electron chi connectivity index (χ1n) is 7.59. The Morgan fingerprint density at radius 3 is 2.77 bits per heavy atom. The molecule has 0 aliphatic rings. The lowest BCUT2D eigenvalue weighted by Crippen LogP contribution is -2.33. The van der Waals surface area contributed by atoms with Crippen molar-refractivity contribution in [2.24, 2.45) is 7.05 Å². The van der Waals surface area contributed by atoms with Crippen LogP contribution in [0, 0.1) is 0 Å². The fraction of sp³-hybridized carbons (Fsp3) is 0.412. The number of nitrogens with zero attached hydrogens (tertiary/aromatic N) is 2. The molecule has 118 valence electrons. The highest BCUT2D eigenvalue weighted by Crippen LogP contribution is 2.15. The quantitative estimate of drug-likeness (QED) is 0.815. The molecule has 2 rings (SSSR count). The summed E-state index contributed by atoms with van der Waals surface area (Å²) >= 11 is 0. The first-order valence-corrected chi connectivity index (χ1v) is 7.59. The normalized spacial score (nSPS) is 12.1. The van der Waals surface area contributed by atoms with E-state index in [1.165, 1.54) is 0 Å². The van der Waals surface area contributed by atoms with Crippen LogP contribution >= 0.6 is 0 Å². The van der Waals surface area contributed by atoms with E-state index in [1.54, 1.807) is 6.20 Å². The third kappa shape index (κ3) is 4.70. The van der Waals surface area contributed by atoms with Crippen molar-refractivity contribution in [1.29, 1.82) is 0 Å². The summed E-state index contributed by atoms with van der Waals surface area (Å²) in [5.41, 5.74) is 1.06. The minimum atomic E-state index is -0.114. The van der Waals surface area contributed by atoms with Gasteiger partial charge >= 0.3 is 0 Å². The Labute approximate surface area is 131 Å². The SMILES string of the molecule is CCCC(NC(=O)COCc1ccccc1)c1nccn1C. The van der Waals surface area contributed by atoms with Crippen molar-refractivity contribution in [3.05, 3.63) is 54.1 Å². The van der Waals surface area contributed by atoms with Gasteiger partial charge in [0.05, 0.1) is 12.6 Å². The molecule has 1 atom stereocenters. The monoisotopic (exact) mass is 301 g/mol. The van der Waals surface area contributed by atoms with Crippen molar-refractivity contribution >= 4 is 5.91 Å². The molecule has 0 fully saturated rings. The number of carbonyl (C=O) groups excluding carboxylic acids is 1. The predicted molar refractivity (Wildman–Crippen MR) is 85.1 cm³/mol. The topological polar surface area (TPSA) is 56.1 Å². The van der Waals surface area contributed by atoms with Gasteiger partial charge in [0.25, 0.3) is 0 Å². The Bertz CT molecular complexity index is 581. The van der Waals surface area contributed by atoms with Crippen molar-refractivity contribution in [2.75, 3.05) is 6.61 Å². The maximum atomic E-state index is 12.1. The maximum absolute atomic E-state index is 12.1. The van der Waals surface area contributed by atoms with Crippen molar-refractivity contribution in [2.45, 2.75) is 32.4 Å². The number of hydrogen-bond donors (Lipinski definition) is 1. The smallest absolute Gasteiger partial charge is 0.246 e. The third-order valence-electron chi connectivity index (χ3n) is 3.43. The standard InChI is InChI=1S/C17H23N3O2/c1-3-7-15(17-18-10-11-20(17)2)19-16(21)13-22-12-14-8-5-4-6-9-14/h4-6,8-11,15H,3,7,12-13H2,1-2H3,(H,19,21). The molecular weight excluding hydrogens is 278 g/mol. The summed E-state index contributed by atoms with van der Waals surface area (Å²) in [6, 6.07) is 9.75. The van der Waals surface area contributed by atoms with Crippen LogP contribution in [0.5, 0.6) is 0 Å². The number of aromatic nitrogens is 2. The van der Waals surface area contributed by atoms with Gasteiger partial charge in [0.15, 0.2) is 0 Å². The molecule has 1 unspecified atom stereocenters. The van der Waals surface area contributed by atoms with Crippen LogP contribution in [-0.4, -0.2) is 22.1 Å². The molecule has 0 saturated carbocycles. The Morgan fingerprint density at radius 1 is 1.36 bits per heavy atom. The first-order chi connectivity index (χ1) is 10.7. The van der Waals surface area contributed by atoms with E-state index in [9.17, 15) is 4.79 Å². The second-order valence-electron chi connectivity index (χ2n) is 5.28. The molecule has 1 aromatic carbocycles. The summed E-state index contributed by atoms with van der Waals surface area (Å²) in [5, 5.41) is 3.00. The Morgan fingerprint density at radius 2 is 2.14 bits per heavy atom. The van der Waals surface area contributed by atoms with Crippen LogP contribution in [0.3, 0.4) is 0 Å². The second kappa shape index (κ2) is 8.34. The van der Waals surface area contributed by atoms with Crippen molar-refractivity contribution < 1.29 is 9.53 Å². The number of aryl methyl sites for hydroxylation is 1. The van der Waals surface area contributed by atoms with E-state index in [0.29, 0.717) is 6.61 Å². The van der Waals surface area contributed by atoms with Gasteiger partial charge in [-0.05, 0) is 12.0 Å². The number of hydrogen-bond acceptors (Lipinski definition) is 3. The van der Waals surface area contributed by atoms with E-state index in [2.05, 4.69) is 17.2 Å². The number of benzene rings is 1. The van der Waals surface area contributed by atoms with E-state index in [1.807, 2.05) is 48.1 Å². The highest BCUT2D eigenvalue weighted by Gasteiger charge is 2.17. The molecule has 0 bridgehead atoms. The molecule has 0 radical (unpaired) electrons. The molecular formula is C17H23N3O2. The maximum Gasteiger partial charge on any atom is 0.246 e. The van der Waals surface area contributed by atoms with Gasteiger partial charge in [-0.2, -0.15) is 0 Å². The average Bonchev–Trinajstić information content (AvgIpc) is 2.94. The van der Waals surface area contributed by atoms with Crippen molar-refractivity contribution in [3.8, 4) is 0 Å². The van der Waals surface area contributed by atoms with Gasteiger partial charge in [-0.15, -0.1) is 0 Å². The van der Waals surface area contributed by atoms with E-state index >= 15 is 0 Å². The van der Waals surface area contributed by atoms with E-state index < -0.39 is 0 Å². The lowest BCUT2D eigenvalue weighted by molar-refractivity contribution is -0.127. The number of imidazole rings is 1. The van der Waals surface area contributed by atoms with Crippen LogP contribution in [-0.2, 0) is 23.2 Å². The summed E-state index contributed by atoms with van der Waals surface area (Å²) in [6.07, 6.45) is 5.46. The van der Waals surface area contributed by atoms with Gasteiger partial charge in [-0.3, -0.25) is 4.79 Å². The van der Waals surface area contributed by atoms with Gasteiger partial charge in [0.1, 0.15) is 12.4 Å². The number of carbonyl (C=O) groups is 1. The molecule has 0 aliphatic heterocycles. The number of ether oxygens (including phenoxy) is 1. The molecule has 5 heteroatoms. The zero-order valence-corrected chi connectivity index (χ0v) is 13.2. The zero-order valence-electron chi connectivity index (χ0n) is 13.2. The lowest BCUT2D eigenvalue weighted by Gasteiger charge is -2.18. The summed E-state index contributed by atoms with van der Waals surface area (Å²) in [4.78, 5) is 16.4. The van der Waals surface area contributed by atoms with Crippen LogP contribution in [0.1, 0.15) is 37.2 Å². The van der Waals surface area contributed by atoms with Crippen LogP contribution in [0.2, 0.25) is 0 Å². The van der Waals surface area contributed by atoms with Gasteiger partial charge in [0, 0.05) is 19.4 Å². The summed E-state index contributed by atoms with van der Waals surface area (Å²) in [6.45, 7) is 2.59. The van der Waals surface area contributed by atoms with E-state index in [-0.39, 0.29) is 18.6 Å². The molecule has 1 heterocycles. The first kappa shape index (κ1) is 16.2. The summed E-state index contributed by atoms with van der Waals surface area (Å²) < 4.78 is 7.40. The third-order valence-corrected chi connectivity index (χ3v) is 3.43. The van der Waals surface area contributed by atoms with Crippen LogP contribution in [0.15, 0.2) is 42.7 Å². The minimum absolute atomic E-state index is 0.0551. The molecule has 1 aromatic heterocycles. The Balaban J connectivity index is 1.82.